The molecule has 1 aliphatic heterocycles. The zero-order valence-corrected chi connectivity index (χ0v) is 25.7. The van der Waals surface area contributed by atoms with Crippen molar-refractivity contribution >= 4 is 35.6 Å². The molecule has 7 N–H and O–H groups in total. The van der Waals surface area contributed by atoms with Crippen molar-refractivity contribution in [3.8, 4) is 0 Å². The maximum absolute atomic E-state index is 13.9. The fourth-order valence-electron chi connectivity index (χ4n) is 5.36. The molecule has 0 radical (unpaired) electrons. The van der Waals surface area contributed by atoms with E-state index in [-0.39, 0.29) is 38.1 Å². The van der Waals surface area contributed by atoms with Crippen LogP contribution in [0.15, 0.2) is 60.7 Å². The summed E-state index contributed by atoms with van der Waals surface area (Å²) in [5, 5.41) is 13.3. The maximum Gasteiger partial charge on any atom is 0.312 e. The monoisotopic (exact) mass is 621 g/mol. The first-order valence-electron chi connectivity index (χ1n) is 15.1. The van der Waals surface area contributed by atoms with E-state index in [1.54, 1.807) is 0 Å². The molecule has 3 unspecified atom stereocenters. The third-order valence-electron chi connectivity index (χ3n) is 7.56. The normalized spacial score (nSPS) is 16.0. The first-order valence-corrected chi connectivity index (χ1v) is 15.1. The van der Waals surface area contributed by atoms with Crippen LogP contribution in [-0.4, -0.2) is 84.8 Å². The predicted octanol–water partition coefficient (Wildman–Crippen LogP) is 0.132. The van der Waals surface area contributed by atoms with Crippen LogP contribution >= 0.6 is 0 Å². The Morgan fingerprint density at radius 3 is 1.93 bits per heavy atom. The van der Waals surface area contributed by atoms with Gasteiger partial charge in [-0.3, -0.25) is 24.0 Å². The number of carbonyl (C=O) groups is 6. The molecule has 3 rings (SSSR count). The number of amides is 7. The number of likely N-dealkylation sites (tertiary alicyclic amines) is 1. The number of likely N-dealkylation sites (N-methyl/N-ethyl adjacent to an activating group) is 1. The number of hydrogen-bond acceptors (Lipinski definition) is 6. The molecular weight excluding hydrogens is 578 g/mol. The van der Waals surface area contributed by atoms with Gasteiger partial charge in [-0.05, 0) is 36.8 Å². The Hall–Kier alpha value is -4.94. The molecule has 1 heterocycles. The van der Waals surface area contributed by atoms with Crippen LogP contribution in [-0.2, 0) is 36.8 Å². The van der Waals surface area contributed by atoms with Crippen LogP contribution in [0, 0.1) is 0 Å². The van der Waals surface area contributed by atoms with Gasteiger partial charge in [-0.25, -0.2) is 4.79 Å². The predicted molar refractivity (Wildman–Crippen MR) is 167 cm³/mol. The minimum Gasteiger partial charge on any atom is -0.357 e. The smallest absolute Gasteiger partial charge is 0.312 e. The Bertz CT molecular complexity index is 1320. The quantitative estimate of drug-likeness (QED) is 0.153. The molecule has 4 atom stereocenters. The molecule has 0 aromatic heterocycles. The highest BCUT2D eigenvalue weighted by Crippen LogP contribution is 2.20. The largest absolute Gasteiger partial charge is 0.357 e. The first kappa shape index (κ1) is 34.5. The van der Waals surface area contributed by atoms with Gasteiger partial charge >= 0.3 is 6.03 Å². The minimum atomic E-state index is -1.11. The van der Waals surface area contributed by atoms with Crippen molar-refractivity contribution in [3.05, 3.63) is 71.8 Å². The van der Waals surface area contributed by atoms with Gasteiger partial charge in [0.2, 0.25) is 29.5 Å². The summed E-state index contributed by atoms with van der Waals surface area (Å²) >= 11 is 0. The molecule has 0 bridgehead atoms. The summed E-state index contributed by atoms with van der Waals surface area (Å²) in [5.41, 5.74) is 6.78. The lowest BCUT2D eigenvalue weighted by Crippen LogP contribution is -2.58. The molecule has 13 nitrogen and oxygen atoms in total. The Morgan fingerprint density at radius 1 is 0.822 bits per heavy atom. The maximum atomic E-state index is 13.9. The number of nitrogens with two attached hydrogens (primary N) is 1. The van der Waals surface area contributed by atoms with Gasteiger partial charge < -0.3 is 37.2 Å². The fourth-order valence-corrected chi connectivity index (χ4v) is 5.36. The highest BCUT2D eigenvalue weighted by Gasteiger charge is 2.38. The van der Waals surface area contributed by atoms with Gasteiger partial charge in [0.15, 0.2) is 0 Å². The fraction of sp³-hybridized carbons (Fsp3) is 0.438. The Balaban J connectivity index is 1.84. The molecule has 2 aromatic rings. The third kappa shape index (κ3) is 10.9. The standard InChI is InChI=1S/C32H43N7O6/c1-21(40)36-25(19-22-11-5-3-6-12-22)29(42)37-24(15-9-17-35-32(33)45)28(41)38-26(20-23-13-7-4-8-14-23)31(44)39-18-10-16-27(39)30(43)34-2/h3-8,11-14,24-27H,9-10,15-20H2,1-2H3,(H,34,43)(H,36,40)(H,37,42)(H,38,41)(H3,33,35,45)/t24-,25?,26?,27?/m0/s1. The topological polar surface area (TPSA) is 192 Å². The lowest BCUT2D eigenvalue weighted by atomic mass is 10.0. The van der Waals surface area contributed by atoms with E-state index >= 15 is 0 Å². The molecule has 45 heavy (non-hydrogen) atoms. The van der Waals surface area contributed by atoms with E-state index in [9.17, 15) is 28.8 Å². The summed E-state index contributed by atoms with van der Waals surface area (Å²) in [4.78, 5) is 78.3. The summed E-state index contributed by atoms with van der Waals surface area (Å²) in [5.74, 6) is -2.29. The number of hydrogen-bond donors (Lipinski definition) is 6. The van der Waals surface area contributed by atoms with E-state index < -0.39 is 53.8 Å². The second kappa shape index (κ2) is 17.4. The minimum absolute atomic E-state index is 0.104. The van der Waals surface area contributed by atoms with Crippen molar-refractivity contribution in [2.75, 3.05) is 20.1 Å². The molecule has 13 heteroatoms. The Labute approximate surface area is 263 Å². The average Bonchev–Trinajstić information content (AvgIpc) is 3.52. The average molecular weight is 622 g/mol. The van der Waals surface area contributed by atoms with Crippen LogP contribution in [0.2, 0.25) is 0 Å². The van der Waals surface area contributed by atoms with Crippen molar-refractivity contribution in [2.24, 2.45) is 5.73 Å². The number of carbonyl (C=O) groups excluding carboxylic acids is 6. The summed E-state index contributed by atoms with van der Waals surface area (Å²) in [6.45, 7) is 1.83. The summed E-state index contributed by atoms with van der Waals surface area (Å²) in [6, 6.07) is 13.8. The van der Waals surface area contributed by atoms with Gasteiger partial charge in [-0.15, -0.1) is 0 Å². The van der Waals surface area contributed by atoms with E-state index in [0.717, 1.165) is 11.1 Å². The van der Waals surface area contributed by atoms with E-state index in [4.69, 9.17) is 5.73 Å². The van der Waals surface area contributed by atoms with Gasteiger partial charge in [-0.1, -0.05) is 60.7 Å². The lowest BCUT2D eigenvalue weighted by molar-refractivity contribution is -0.141. The number of nitrogens with one attached hydrogen (secondary N) is 5. The molecule has 1 aliphatic rings. The van der Waals surface area contributed by atoms with Crippen LogP contribution in [0.1, 0.15) is 43.7 Å². The molecule has 1 saturated heterocycles. The molecule has 0 spiro atoms. The van der Waals surface area contributed by atoms with Crippen molar-refractivity contribution in [2.45, 2.75) is 69.6 Å². The second-order valence-electron chi connectivity index (χ2n) is 11.0. The Morgan fingerprint density at radius 2 is 1.38 bits per heavy atom. The van der Waals surface area contributed by atoms with E-state index in [2.05, 4.69) is 26.6 Å². The van der Waals surface area contributed by atoms with Gasteiger partial charge in [-0.2, -0.15) is 0 Å². The first-order chi connectivity index (χ1) is 21.6. The molecule has 7 amide bonds. The highest BCUT2D eigenvalue weighted by atomic mass is 16.2. The number of urea groups is 1. The summed E-state index contributed by atoms with van der Waals surface area (Å²) < 4.78 is 0. The molecule has 2 aromatic carbocycles. The highest BCUT2D eigenvalue weighted by molar-refractivity contribution is 5.95. The van der Waals surface area contributed by atoms with E-state index in [0.29, 0.717) is 19.4 Å². The van der Waals surface area contributed by atoms with Gasteiger partial charge in [0.25, 0.3) is 0 Å². The number of primary amides is 1. The summed E-state index contributed by atoms with van der Waals surface area (Å²) in [7, 11) is 1.51. The summed E-state index contributed by atoms with van der Waals surface area (Å²) in [6.07, 6.45) is 1.89. The van der Waals surface area contributed by atoms with Crippen LogP contribution in [0.4, 0.5) is 4.79 Å². The van der Waals surface area contributed by atoms with Crippen LogP contribution in [0.3, 0.4) is 0 Å². The molecular formula is C32H43N7O6. The van der Waals surface area contributed by atoms with E-state index in [1.807, 2.05) is 60.7 Å². The van der Waals surface area contributed by atoms with Gasteiger partial charge in [0, 0.05) is 39.9 Å². The number of nitrogens with zero attached hydrogens (tertiary/aromatic N) is 1. The van der Waals surface area contributed by atoms with Gasteiger partial charge in [0.05, 0.1) is 0 Å². The zero-order valence-electron chi connectivity index (χ0n) is 25.7. The molecule has 0 aliphatic carbocycles. The number of benzene rings is 2. The Kier molecular flexibility index (Phi) is 13.3. The van der Waals surface area contributed by atoms with Crippen LogP contribution in [0.25, 0.3) is 0 Å². The second-order valence-corrected chi connectivity index (χ2v) is 11.0. The van der Waals surface area contributed by atoms with Crippen LogP contribution < -0.4 is 32.3 Å². The van der Waals surface area contributed by atoms with Crippen molar-refractivity contribution in [1.82, 2.24) is 31.5 Å². The molecule has 1 fully saturated rings. The van der Waals surface area contributed by atoms with Crippen molar-refractivity contribution < 1.29 is 28.8 Å². The van der Waals surface area contributed by atoms with Crippen LogP contribution in [0.5, 0.6) is 0 Å². The molecule has 0 saturated carbocycles. The number of rotatable bonds is 15. The zero-order chi connectivity index (χ0) is 32.8. The van der Waals surface area contributed by atoms with Crippen molar-refractivity contribution in [3.63, 3.8) is 0 Å². The lowest BCUT2D eigenvalue weighted by Gasteiger charge is -2.30. The third-order valence-corrected chi connectivity index (χ3v) is 7.56. The molecule has 242 valence electrons. The van der Waals surface area contributed by atoms with E-state index in [1.165, 1.54) is 18.9 Å². The van der Waals surface area contributed by atoms with Gasteiger partial charge in [0.1, 0.15) is 24.2 Å². The van der Waals surface area contributed by atoms with Crippen molar-refractivity contribution in [1.29, 1.82) is 0 Å². The SMILES string of the molecule is CNC(=O)C1CCCN1C(=O)C(Cc1ccccc1)NC(=O)[C@H](CCCNC(N)=O)NC(=O)C(Cc1ccccc1)NC(C)=O.